The average Bonchev–Trinajstić information content (AvgIpc) is 2.14. The van der Waals surface area contributed by atoms with E-state index in [0.717, 1.165) is 19.3 Å². The van der Waals surface area contributed by atoms with Crippen LogP contribution < -0.4 is 0 Å². The van der Waals surface area contributed by atoms with E-state index in [9.17, 15) is 4.79 Å². The summed E-state index contributed by atoms with van der Waals surface area (Å²) >= 11 is 4.23. The number of hydrogen-bond acceptors (Lipinski definition) is 3. The molecule has 0 aromatic carbocycles. The lowest BCUT2D eigenvalue weighted by atomic mass is 10.1. The van der Waals surface area contributed by atoms with E-state index in [0.29, 0.717) is 12.5 Å². The third-order valence-corrected chi connectivity index (χ3v) is 2.38. The Kier molecular flexibility index (Phi) is 8.05. The number of hydrogen-bond donors (Lipinski definition) is 1. The third kappa shape index (κ3) is 7.25. The molecule has 1 unspecified atom stereocenters. The SMILES string of the molecule is CCCCCC(S)C(=O)OCC(C)C. The lowest BCUT2D eigenvalue weighted by molar-refractivity contribution is -0.144. The minimum atomic E-state index is -0.236. The van der Waals surface area contributed by atoms with Gasteiger partial charge in [0.2, 0.25) is 0 Å². The molecule has 0 aliphatic rings. The molecule has 0 N–H and O–H groups in total. The van der Waals surface area contributed by atoms with Crippen molar-refractivity contribution >= 4 is 18.6 Å². The average molecular weight is 218 g/mol. The van der Waals surface area contributed by atoms with Crippen LogP contribution in [-0.4, -0.2) is 17.8 Å². The van der Waals surface area contributed by atoms with Crippen LogP contribution in [0.1, 0.15) is 46.5 Å². The van der Waals surface area contributed by atoms with Crippen molar-refractivity contribution in [3.05, 3.63) is 0 Å². The first kappa shape index (κ1) is 13.8. The number of unbranched alkanes of at least 4 members (excludes halogenated alkanes) is 2. The van der Waals surface area contributed by atoms with Gasteiger partial charge in [-0.15, -0.1) is 0 Å². The normalized spacial score (nSPS) is 12.9. The van der Waals surface area contributed by atoms with Gasteiger partial charge >= 0.3 is 5.97 Å². The maximum Gasteiger partial charge on any atom is 0.318 e. The van der Waals surface area contributed by atoms with Crippen LogP contribution in [0.15, 0.2) is 0 Å². The van der Waals surface area contributed by atoms with Crippen molar-refractivity contribution in [2.24, 2.45) is 5.92 Å². The molecular formula is C11H22O2S. The summed E-state index contributed by atoms with van der Waals surface area (Å²) in [4.78, 5) is 11.3. The lowest BCUT2D eigenvalue weighted by Gasteiger charge is -2.11. The molecular weight excluding hydrogens is 196 g/mol. The van der Waals surface area contributed by atoms with E-state index in [-0.39, 0.29) is 11.2 Å². The van der Waals surface area contributed by atoms with Gasteiger partial charge in [0.25, 0.3) is 0 Å². The summed E-state index contributed by atoms with van der Waals surface area (Å²) in [7, 11) is 0. The fourth-order valence-corrected chi connectivity index (χ4v) is 1.31. The van der Waals surface area contributed by atoms with Gasteiger partial charge in [-0.05, 0) is 12.3 Å². The predicted molar refractivity (Wildman–Crippen MR) is 62.7 cm³/mol. The summed E-state index contributed by atoms with van der Waals surface area (Å²) in [5.41, 5.74) is 0. The predicted octanol–water partition coefficient (Wildman–Crippen LogP) is 3.06. The second kappa shape index (κ2) is 8.16. The fraction of sp³-hybridized carbons (Fsp3) is 0.909. The van der Waals surface area contributed by atoms with E-state index in [1.807, 2.05) is 13.8 Å². The first-order valence-corrected chi connectivity index (χ1v) is 5.94. The van der Waals surface area contributed by atoms with Crippen molar-refractivity contribution in [2.75, 3.05) is 6.61 Å². The summed E-state index contributed by atoms with van der Waals surface area (Å²) in [5, 5.41) is -0.236. The number of rotatable bonds is 7. The quantitative estimate of drug-likeness (QED) is 0.404. The maximum absolute atomic E-state index is 11.3. The largest absolute Gasteiger partial charge is 0.465 e. The summed E-state index contributed by atoms with van der Waals surface area (Å²) in [6, 6.07) is 0. The monoisotopic (exact) mass is 218 g/mol. The van der Waals surface area contributed by atoms with Crippen LogP contribution in [0.2, 0.25) is 0 Å². The van der Waals surface area contributed by atoms with E-state index < -0.39 is 0 Å². The third-order valence-electron chi connectivity index (χ3n) is 1.91. The van der Waals surface area contributed by atoms with Gasteiger partial charge in [-0.25, -0.2) is 0 Å². The zero-order valence-electron chi connectivity index (χ0n) is 9.45. The van der Waals surface area contributed by atoms with Gasteiger partial charge < -0.3 is 4.74 Å². The molecule has 84 valence electrons. The van der Waals surface area contributed by atoms with Gasteiger partial charge in [0.05, 0.1) is 11.9 Å². The molecule has 0 aromatic rings. The van der Waals surface area contributed by atoms with Crippen molar-refractivity contribution in [3.63, 3.8) is 0 Å². The van der Waals surface area contributed by atoms with Crippen LogP contribution in [0.25, 0.3) is 0 Å². The van der Waals surface area contributed by atoms with Crippen LogP contribution in [0.4, 0.5) is 0 Å². The highest BCUT2D eigenvalue weighted by Crippen LogP contribution is 2.10. The Hall–Kier alpha value is -0.180. The van der Waals surface area contributed by atoms with Gasteiger partial charge in [0.15, 0.2) is 0 Å². The number of thiol groups is 1. The Morgan fingerprint density at radius 2 is 2.00 bits per heavy atom. The first-order valence-electron chi connectivity index (χ1n) is 5.42. The molecule has 0 bridgehead atoms. The van der Waals surface area contributed by atoms with E-state index in [1.54, 1.807) is 0 Å². The highest BCUT2D eigenvalue weighted by Gasteiger charge is 2.14. The number of ether oxygens (including phenoxy) is 1. The summed E-state index contributed by atoms with van der Waals surface area (Å²) in [6.07, 6.45) is 4.21. The van der Waals surface area contributed by atoms with E-state index in [2.05, 4.69) is 19.6 Å². The molecule has 0 radical (unpaired) electrons. The van der Waals surface area contributed by atoms with Crippen LogP contribution in [-0.2, 0) is 9.53 Å². The zero-order chi connectivity index (χ0) is 11.0. The molecule has 0 amide bonds. The first-order chi connectivity index (χ1) is 6.57. The number of carbonyl (C=O) groups is 1. The molecule has 0 saturated carbocycles. The smallest absolute Gasteiger partial charge is 0.318 e. The molecule has 0 rings (SSSR count). The second-order valence-corrected chi connectivity index (χ2v) is 4.66. The van der Waals surface area contributed by atoms with Gasteiger partial charge in [0.1, 0.15) is 0 Å². The van der Waals surface area contributed by atoms with Crippen LogP contribution in [0, 0.1) is 5.92 Å². The molecule has 0 aliphatic heterocycles. The maximum atomic E-state index is 11.3. The molecule has 3 heteroatoms. The second-order valence-electron chi connectivity index (χ2n) is 4.04. The molecule has 0 fully saturated rings. The van der Waals surface area contributed by atoms with Crippen molar-refractivity contribution < 1.29 is 9.53 Å². The van der Waals surface area contributed by atoms with E-state index in [4.69, 9.17) is 4.74 Å². The molecule has 1 atom stereocenters. The Morgan fingerprint density at radius 1 is 1.36 bits per heavy atom. The summed E-state index contributed by atoms with van der Waals surface area (Å²) < 4.78 is 5.08. The van der Waals surface area contributed by atoms with Gasteiger partial charge in [-0.1, -0.05) is 40.0 Å². The standard InChI is InChI=1S/C11H22O2S/c1-4-5-6-7-10(14)11(12)13-8-9(2)3/h9-10,14H,4-8H2,1-3H3. The van der Waals surface area contributed by atoms with Gasteiger partial charge in [-0.2, -0.15) is 12.6 Å². The Balaban J connectivity index is 3.54. The number of carbonyl (C=O) groups excluding carboxylic acids is 1. The minimum Gasteiger partial charge on any atom is -0.465 e. The molecule has 0 saturated heterocycles. The van der Waals surface area contributed by atoms with Crippen LogP contribution in [0.5, 0.6) is 0 Å². The molecule has 14 heavy (non-hydrogen) atoms. The Bertz CT molecular complexity index is 157. The van der Waals surface area contributed by atoms with Gasteiger partial charge in [0, 0.05) is 0 Å². The molecule has 2 nitrogen and oxygen atoms in total. The molecule has 0 heterocycles. The topological polar surface area (TPSA) is 26.3 Å². The van der Waals surface area contributed by atoms with Crippen molar-refractivity contribution in [1.82, 2.24) is 0 Å². The highest BCUT2D eigenvalue weighted by atomic mass is 32.1. The van der Waals surface area contributed by atoms with Gasteiger partial charge in [-0.3, -0.25) is 4.79 Å². The van der Waals surface area contributed by atoms with Crippen LogP contribution >= 0.6 is 12.6 Å². The summed E-state index contributed by atoms with van der Waals surface area (Å²) in [6.45, 7) is 6.70. The van der Waals surface area contributed by atoms with Crippen molar-refractivity contribution in [3.8, 4) is 0 Å². The Morgan fingerprint density at radius 3 is 2.50 bits per heavy atom. The zero-order valence-corrected chi connectivity index (χ0v) is 10.3. The van der Waals surface area contributed by atoms with Crippen LogP contribution in [0.3, 0.4) is 0 Å². The van der Waals surface area contributed by atoms with Crippen molar-refractivity contribution in [2.45, 2.75) is 51.7 Å². The fourth-order valence-electron chi connectivity index (χ4n) is 1.05. The highest BCUT2D eigenvalue weighted by molar-refractivity contribution is 7.81. The summed E-state index contributed by atoms with van der Waals surface area (Å²) in [5.74, 6) is 0.230. The Labute approximate surface area is 92.8 Å². The molecule has 0 aromatic heterocycles. The molecule has 0 aliphatic carbocycles. The molecule has 0 spiro atoms. The van der Waals surface area contributed by atoms with E-state index in [1.165, 1.54) is 6.42 Å². The van der Waals surface area contributed by atoms with Crippen molar-refractivity contribution in [1.29, 1.82) is 0 Å². The lowest BCUT2D eigenvalue weighted by Crippen LogP contribution is -2.20. The number of esters is 1. The van der Waals surface area contributed by atoms with E-state index >= 15 is 0 Å². The minimum absolute atomic E-state index is 0.168.